The summed E-state index contributed by atoms with van der Waals surface area (Å²) in [6.45, 7) is 3.43. The van der Waals surface area contributed by atoms with Gasteiger partial charge in [0, 0.05) is 24.5 Å². The Hall–Kier alpha value is -1.60. The number of nitrogens with zero attached hydrogens (tertiary/aromatic N) is 1. The minimum Gasteiger partial charge on any atom is -0.372 e. The van der Waals surface area contributed by atoms with Gasteiger partial charge >= 0.3 is 0 Å². The van der Waals surface area contributed by atoms with E-state index in [2.05, 4.69) is 14.9 Å². The Morgan fingerprint density at radius 2 is 1.77 bits per heavy atom. The Morgan fingerprint density at radius 1 is 1.14 bits per heavy atom. The van der Waals surface area contributed by atoms with Crippen molar-refractivity contribution in [2.75, 3.05) is 35.6 Å². The molecule has 0 atom stereocenters. The largest absolute Gasteiger partial charge is 0.372 e. The minimum atomic E-state index is -3.35. The lowest BCUT2D eigenvalue weighted by molar-refractivity contribution is -0.115. The minimum absolute atomic E-state index is 0.0369. The molecule has 1 aromatic rings. The Morgan fingerprint density at radius 3 is 2.36 bits per heavy atom. The first-order valence-corrected chi connectivity index (χ1v) is 9.27. The molecule has 1 saturated heterocycles. The molecule has 0 saturated carbocycles. The summed E-state index contributed by atoms with van der Waals surface area (Å²) in [4.78, 5) is 14.1. The molecule has 0 bridgehead atoms. The average Bonchev–Trinajstić information content (AvgIpc) is 2.55. The summed E-state index contributed by atoms with van der Waals surface area (Å²) in [6, 6.07) is 7.65. The molecule has 7 heteroatoms. The van der Waals surface area contributed by atoms with Gasteiger partial charge in [-0.05, 0) is 50.5 Å². The summed E-state index contributed by atoms with van der Waals surface area (Å²) in [6.07, 6.45) is 3.73. The van der Waals surface area contributed by atoms with Crippen LogP contribution in [-0.2, 0) is 14.8 Å². The fourth-order valence-electron chi connectivity index (χ4n) is 2.39. The van der Waals surface area contributed by atoms with Crippen molar-refractivity contribution in [3.8, 4) is 0 Å². The fourth-order valence-corrected chi connectivity index (χ4v) is 2.95. The molecule has 122 valence electrons. The molecular weight excluding hydrogens is 302 g/mol. The number of hydrogen-bond acceptors (Lipinski definition) is 4. The van der Waals surface area contributed by atoms with Crippen molar-refractivity contribution in [1.82, 2.24) is 4.72 Å². The van der Waals surface area contributed by atoms with Gasteiger partial charge in [-0.2, -0.15) is 0 Å². The second kappa shape index (κ2) is 7.60. The molecule has 0 aliphatic carbocycles. The Balaban J connectivity index is 1.86. The van der Waals surface area contributed by atoms with Crippen LogP contribution < -0.4 is 14.9 Å². The molecule has 1 amide bonds. The number of carbonyl (C=O) groups is 1. The second-order valence-electron chi connectivity index (χ2n) is 5.37. The molecule has 1 heterocycles. The number of anilines is 2. The van der Waals surface area contributed by atoms with Gasteiger partial charge in [-0.25, -0.2) is 13.1 Å². The maximum atomic E-state index is 11.7. The first kappa shape index (κ1) is 16.8. The first-order valence-electron chi connectivity index (χ1n) is 7.62. The van der Waals surface area contributed by atoms with Gasteiger partial charge in [-0.3, -0.25) is 4.79 Å². The van der Waals surface area contributed by atoms with Crippen LogP contribution in [0.3, 0.4) is 0 Å². The molecule has 0 unspecified atom stereocenters. The normalized spacial score (nSPS) is 15.6. The van der Waals surface area contributed by atoms with Crippen LogP contribution in [0.1, 0.15) is 26.2 Å². The molecule has 1 aliphatic rings. The van der Waals surface area contributed by atoms with Gasteiger partial charge < -0.3 is 10.2 Å². The van der Waals surface area contributed by atoms with E-state index in [0.29, 0.717) is 5.69 Å². The van der Waals surface area contributed by atoms with Gasteiger partial charge in [-0.15, -0.1) is 0 Å². The van der Waals surface area contributed by atoms with Crippen molar-refractivity contribution >= 4 is 27.3 Å². The lowest BCUT2D eigenvalue weighted by atomic mass is 10.1. The Kier molecular flexibility index (Phi) is 5.79. The van der Waals surface area contributed by atoms with E-state index in [1.807, 2.05) is 24.3 Å². The van der Waals surface area contributed by atoms with Gasteiger partial charge in [0.15, 0.2) is 0 Å². The van der Waals surface area contributed by atoms with Gasteiger partial charge in [-0.1, -0.05) is 0 Å². The van der Waals surface area contributed by atoms with Crippen LogP contribution in [0.15, 0.2) is 24.3 Å². The van der Waals surface area contributed by atoms with Crippen LogP contribution in [0.25, 0.3) is 0 Å². The maximum absolute atomic E-state index is 11.7. The summed E-state index contributed by atoms with van der Waals surface area (Å²) in [5, 5.41) is 2.68. The number of piperidine rings is 1. The highest BCUT2D eigenvalue weighted by atomic mass is 32.2. The van der Waals surface area contributed by atoms with Crippen molar-refractivity contribution in [1.29, 1.82) is 0 Å². The van der Waals surface area contributed by atoms with Crippen molar-refractivity contribution in [2.24, 2.45) is 0 Å². The predicted octanol–water partition coefficient (Wildman–Crippen LogP) is 1.55. The molecule has 2 rings (SSSR count). The van der Waals surface area contributed by atoms with Crippen LogP contribution >= 0.6 is 0 Å². The molecule has 6 nitrogen and oxygen atoms in total. The highest BCUT2D eigenvalue weighted by Crippen LogP contribution is 2.21. The highest BCUT2D eigenvalue weighted by molar-refractivity contribution is 7.89. The Bertz CT molecular complexity index is 593. The molecule has 0 aromatic heterocycles. The fraction of sp³-hybridized carbons (Fsp3) is 0.533. The van der Waals surface area contributed by atoms with Gasteiger partial charge in [0.25, 0.3) is 0 Å². The molecule has 0 radical (unpaired) electrons. The molecule has 1 fully saturated rings. The first-order chi connectivity index (χ1) is 10.5. The predicted molar refractivity (Wildman–Crippen MR) is 88.6 cm³/mol. The van der Waals surface area contributed by atoms with E-state index in [4.69, 9.17) is 0 Å². The van der Waals surface area contributed by atoms with Crippen molar-refractivity contribution < 1.29 is 13.2 Å². The van der Waals surface area contributed by atoms with Crippen LogP contribution in [-0.4, -0.2) is 39.7 Å². The maximum Gasteiger partial charge on any atom is 0.239 e. The van der Waals surface area contributed by atoms with Gasteiger partial charge in [0.05, 0.1) is 12.3 Å². The molecule has 22 heavy (non-hydrogen) atoms. The molecule has 0 spiro atoms. The third-order valence-corrected chi connectivity index (χ3v) is 5.05. The number of nitrogens with one attached hydrogen (secondary N) is 2. The standard InChI is InChI=1S/C15H23N3O3S/c1-2-22(20,21)16-12-15(19)17-13-6-8-14(9-7-13)18-10-4-3-5-11-18/h6-9,16H,2-5,10-12H2,1H3,(H,17,19). The van der Waals surface area contributed by atoms with Crippen LogP contribution in [0.4, 0.5) is 11.4 Å². The van der Waals surface area contributed by atoms with Gasteiger partial charge in [0.1, 0.15) is 0 Å². The van der Waals surface area contributed by atoms with E-state index in [1.165, 1.54) is 26.2 Å². The quantitative estimate of drug-likeness (QED) is 0.832. The van der Waals surface area contributed by atoms with Crippen molar-refractivity contribution in [2.45, 2.75) is 26.2 Å². The SMILES string of the molecule is CCS(=O)(=O)NCC(=O)Nc1ccc(N2CCCCC2)cc1. The summed E-state index contributed by atoms with van der Waals surface area (Å²) in [5.74, 6) is -0.409. The molecule has 1 aromatic carbocycles. The number of hydrogen-bond donors (Lipinski definition) is 2. The third-order valence-electron chi connectivity index (χ3n) is 3.70. The molecule has 1 aliphatic heterocycles. The van der Waals surface area contributed by atoms with E-state index in [1.54, 1.807) is 0 Å². The monoisotopic (exact) mass is 325 g/mol. The summed E-state index contributed by atoms with van der Waals surface area (Å²) >= 11 is 0. The lowest BCUT2D eigenvalue weighted by Gasteiger charge is -2.28. The average molecular weight is 325 g/mol. The van der Waals surface area contributed by atoms with Crippen LogP contribution in [0.2, 0.25) is 0 Å². The number of rotatable bonds is 6. The van der Waals surface area contributed by atoms with E-state index in [0.717, 1.165) is 18.8 Å². The lowest BCUT2D eigenvalue weighted by Crippen LogP contribution is -2.33. The van der Waals surface area contributed by atoms with E-state index in [-0.39, 0.29) is 18.2 Å². The zero-order valence-corrected chi connectivity index (χ0v) is 13.7. The summed E-state index contributed by atoms with van der Waals surface area (Å²) < 4.78 is 24.8. The van der Waals surface area contributed by atoms with Crippen LogP contribution in [0, 0.1) is 0 Å². The number of sulfonamides is 1. The van der Waals surface area contributed by atoms with E-state index >= 15 is 0 Å². The van der Waals surface area contributed by atoms with E-state index in [9.17, 15) is 13.2 Å². The van der Waals surface area contributed by atoms with Crippen molar-refractivity contribution in [3.05, 3.63) is 24.3 Å². The highest BCUT2D eigenvalue weighted by Gasteiger charge is 2.12. The zero-order valence-electron chi connectivity index (χ0n) is 12.8. The van der Waals surface area contributed by atoms with Crippen molar-refractivity contribution in [3.63, 3.8) is 0 Å². The number of carbonyl (C=O) groups excluding carboxylic acids is 1. The smallest absolute Gasteiger partial charge is 0.239 e. The third kappa shape index (κ3) is 4.99. The summed E-state index contributed by atoms with van der Waals surface area (Å²) in [5.41, 5.74) is 1.82. The Labute approximate surface area is 131 Å². The zero-order chi connectivity index (χ0) is 16.0. The number of benzene rings is 1. The van der Waals surface area contributed by atoms with Crippen LogP contribution in [0.5, 0.6) is 0 Å². The summed E-state index contributed by atoms with van der Waals surface area (Å²) in [7, 11) is -3.35. The second-order valence-corrected chi connectivity index (χ2v) is 7.46. The number of amides is 1. The molecular formula is C15H23N3O3S. The van der Waals surface area contributed by atoms with Gasteiger partial charge in [0.2, 0.25) is 15.9 Å². The van der Waals surface area contributed by atoms with E-state index < -0.39 is 10.0 Å². The molecule has 2 N–H and O–H groups in total. The topological polar surface area (TPSA) is 78.5 Å².